The largest absolute Gasteiger partial charge is 0.358 e. The number of para-hydroxylation sites is 1. The molecule has 1 atom stereocenters. The fraction of sp³-hybridized carbons (Fsp3) is 0.333. The molecule has 4 nitrogen and oxygen atoms in total. The van der Waals surface area contributed by atoms with Gasteiger partial charge in [-0.3, -0.25) is 4.79 Å². The highest BCUT2D eigenvalue weighted by atomic mass is 16.2. The lowest BCUT2D eigenvalue weighted by Gasteiger charge is -2.16. The van der Waals surface area contributed by atoms with Gasteiger partial charge in [0, 0.05) is 11.9 Å². The van der Waals surface area contributed by atoms with E-state index in [1.54, 1.807) is 0 Å². The lowest BCUT2D eigenvalue weighted by Crippen LogP contribution is -2.38. The van der Waals surface area contributed by atoms with E-state index in [-0.39, 0.29) is 11.9 Å². The Morgan fingerprint density at radius 3 is 3.00 bits per heavy atom. The molecule has 0 bridgehead atoms. The fourth-order valence-corrected chi connectivity index (χ4v) is 2.40. The Bertz CT molecular complexity index is 597. The van der Waals surface area contributed by atoms with Gasteiger partial charge in [0.2, 0.25) is 5.91 Å². The van der Waals surface area contributed by atoms with Crippen molar-refractivity contribution < 1.29 is 4.79 Å². The van der Waals surface area contributed by atoms with Crippen LogP contribution < -0.4 is 10.6 Å². The number of rotatable bonds is 2. The van der Waals surface area contributed by atoms with Gasteiger partial charge in [-0.25, -0.2) is 4.98 Å². The lowest BCUT2D eigenvalue weighted by atomic mass is 10.1. The van der Waals surface area contributed by atoms with Gasteiger partial charge in [0.25, 0.3) is 0 Å². The first-order chi connectivity index (χ1) is 9.33. The normalized spacial score (nSPS) is 19.8. The summed E-state index contributed by atoms with van der Waals surface area (Å²) in [5, 5.41) is 7.27. The number of carbonyl (C=O) groups is 1. The second-order valence-electron chi connectivity index (χ2n) is 4.87. The van der Waals surface area contributed by atoms with Crippen molar-refractivity contribution in [3.63, 3.8) is 0 Å². The molecule has 1 aromatic heterocycles. The van der Waals surface area contributed by atoms with Crippen molar-refractivity contribution in [2.45, 2.75) is 25.3 Å². The molecule has 1 fully saturated rings. The van der Waals surface area contributed by atoms with Crippen LogP contribution in [0.5, 0.6) is 0 Å². The van der Waals surface area contributed by atoms with Crippen molar-refractivity contribution >= 4 is 22.6 Å². The molecule has 0 saturated carbocycles. The van der Waals surface area contributed by atoms with Crippen molar-refractivity contribution in [3.05, 3.63) is 36.4 Å². The van der Waals surface area contributed by atoms with Gasteiger partial charge in [0.05, 0.1) is 5.52 Å². The maximum atomic E-state index is 11.9. The molecule has 1 aliphatic rings. The molecule has 2 aromatic rings. The van der Waals surface area contributed by atoms with Crippen LogP contribution in [0.15, 0.2) is 36.4 Å². The number of nitrogens with one attached hydrogen (secondary N) is 2. The molecule has 1 saturated heterocycles. The second kappa shape index (κ2) is 5.26. The molecule has 1 aliphatic heterocycles. The Morgan fingerprint density at radius 1 is 1.16 bits per heavy atom. The standard InChI is InChI=1S/C15H17N3O/c19-15-13(7-3-4-10-16-15)18-14-9-8-11-5-1-2-6-12(11)17-14/h1-2,5-6,8-9,13H,3-4,7,10H2,(H,16,19)(H,17,18). The third-order valence-electron chi connectivity index (χ3n) is 3.46. The van der Waals surface area contributed by atoms with Gasteiger partial charge in [-0.15, -0.1) is 0 Å². The van der Waals surface area contributed by atoms with Crippen LogP contribution in [0.2, 0.25) is 0 Å². The number of nitrogens with zero attached hydrogens (tertiary/aromatic N) is 1. The molecule has 0 radical (unpaired) electrons. The van der Waals surface area contributed by atoms with Crippen molar-refractivity contribution in [1.82, 2.24) is 10.3 Å². The van der Waals surface area contributed by atoms with Crippen LogP contribution in [-0.4, -0.2) is 23.5 Å². The molecule has 3 rings (SSSR count). The Labute approximate surface area is 112 Å². The quantitative estimate of drug-likeness (QED) is 0.866. The molecule has 1 amide bonds. The zero-order chi connectivity index (χ0) is 13.1. The number of amides is 1. The molecule has 1 aromatic carbocycles. The summed E-state index contributed by atoms with van der Waals surface area (Å²) >= 11 is 0. The predicted molar refractivity (Wildman–Crippen MR) is 76.0 cm³/mol. The maximum absolute atomic E-state index is 11.9. The SMILES string of the molecule is O=C1NCCCCC1Nc1ccc2ccccc2n1. The van der Waals surface area contributed by atoms with Gasteiger partial charge in [-0.05, 0) is 37.5 Å². The number of hydrogen-bond donors (Lipinski definition) is 2. The van der Waals surface area contributed by atoms with Crippen molar-refractivity contribution in [2.24, 2.45) is 0 Å². The van der Waals surface area contributed by atoms with Crippen molar-refractivity contribution in [3.8, 4) is 0 Å². The molecule has 98 valence electrons. The number of pyridine rings is 1. The molecule has 19 heavy (non-hydrogen) atoms. The van der Waals surface area contributed by atoms with Crippen LogP contribution in [0.25, 0.3) is 10.9 Å². The Balaban J connectivity index is 1.82. The van der Waals surface area contributed by atoms with Crippen molar-refractivity contribution in [1.29, 1.82) is 0 Å². The molecular formula is C15H17N3O. The zero-order valence-electron chi connectivity index (χ0n) is 10.7. The topological polar surface area (TPSA) is 54.0 Å². The summed E-state index contributed by atoms with van der Waals surface area (Å²) in [4.78, 5) is 16.4. The first-order valence-corrected chi connectivity index (χ1v) is 6.73. The number of benzene rings is 1. The number of aromatic nitrogens is 1. The number of hydrogen-bond acceptors (Lipinski definition) is 3. The number of anilines is 1. The minimum atomic E-state index is -0.170. The summed E-state index contributed by atoms with van der Waals surface area (Å²) < 4.78 is 0. The smallest absolute Gasteiger partial charge is 0.242 e. The van der Waals surface area contributed by atoms with Crippen LogP contribution in [0.4, 0.5) is 5.82 Å². The van der Waals surface area contributed by atoms with E-state index < -0.39 is 0 Å². The molecular weight excluding hydrogens is 238 g/mol. The lowest BCUT2D eigenvalue weighted by molar-refractivity contribution is -0.121. The van der Waals surface area contributed by atoms with Gasteiger partial charge < -0.3 is 10.6 Å². The number of carbonyl (C=O) groups excluding carboxylic acids is 1. The number of fused-ring (bicyclic) bond motifs is 1. The molecule has 1 unspecified atom stereocenters. The van der Waals surface area contributed by atoms with Crippen LogP contribution in [-0.2, 0) is 4.79 Å². The molecule has 4 heteroatoms. The van der Waals surface area contributed by atoms with E-state index >= 15 is 0 Å². The van der Waals surface area contributed by atoms with Gasteiger partial charge in [-0.2, -0.15) is 0 Å². The molecule has 0 spiro atoms. The van der Waals surface area contributed by atoms with Crippen LogP contribution >= 0.6 is 0 Å². The second-order valence-corrected chi connectivity index (χ2v) is 4.87. The summed E-state index contributed by atoms with van der Waals surface area (Å²) in [6.07, 6.45) is 2.97. The monoisotopic (exact) mass is 255 g/mol. The Kier molecular flexibility index (Phi) is 3.31. The first kappa shape index (κ1) is 12.0. The Morgan fingerprint density at radius 2 is 2.05 bits per heavy atom. The summed E-state index contributed by atoms with van der Waals surface area (Å²) in [5.41, 5.74) is 0.946. The predicted octanol–water partition coefficient (Wildman–Crippen LogP) is 2.32. The summed E-state index contributed by atoms with van der Waals surface area (Å²) in [6.45, 7) is 0.780. The van der Waals surface area contributed by atoms with Gasteiger partial charge in [0.15, 0.2) is 0 Å². The van der Waals surface area contributed by atoms with E-state index in [1.807, 2.05) is 36.4 Å². The minimum absolute atomic E-state index is 0.0764. The van der Waals surface area contributed by atoms with Gasteiger partial charge in [-0.1, -0.05) is 18.2 Å². The van der Waals surface area contributed by atoms with E-state index in [9.17, 15) is 4.79 Å². The average Bonchev–Trinajstić information content (AvgIpc) is 2.64. The third kappa shape index (κ3) is 2.67. The van der Waals surface area contributed by atoms with Crippen molar-refractivity contribution in [2.75, 3.05) is 11.9 Å². The van der Waals surface area contributed by atoms with Crippen LogP contribution in [0, 0.1) is 0 Å². The molecule has 0 aliphatic carbocycles. The molecule has 2 heterocycles. The van der Waals surface area contributed by atoms with Crippen LogP contribution in [0.1, 0.15) is 19.3 Å². The van der Waals surface area contributed by atoms with E-state index in [0.717, 1.165) is 42.5 Å². The highest BCUT2D eigenvalue weighted by Crippen LogP contribution is 2.17. The average molecular weight is 255 g/mol. The van der Waals surface area contributed by atoms with E-state index in [2.05, 4.69) is 15.6 Å². The third-order valence-corrected chi connectivity index (χ3v) is 3.46. The van der Waals surface area contributed by atoms with Crippen LogP contribution in [0.3, 0.4) is 0 Å². The Hall–Kier alpha value is -2.10. The maximum Gasteiger partial charge on any atom is 0.242 e. The summed E-state index contributed by atoms with van der Waals surface area (Å²) in [6, 6.07) is 11.8. The highest BCUT2D eigenvalue weighted by molar-refractivity contribution is 5.85. The summed E-state index contributed by atoms with van der Waals surface area (Å²) in [5.74, 6) is 0.841. The highest BCUT2D eigenvalue weighted by Gasteiger charge is 2.20. The van der Waals surface area contributed by atoms with Gasteiger partial charge >= 0.3 is 0 Å². The van der Waals surface area contributed by atoms with Gasteiger partial charge in [0.1, 0.15) is 11.9 Å². The fourth-order valence-electron chi connectivity index (χ4n) is 2.40. The zero-order valence-corrected chi connectivity index (χ0v) is 10.7. The minimum Gasteiger partial charge on any atom is -0.358 e. The molecule has 2 N–H and O–H groups in total. The van der Waals surface area contributed by atoms with E-state index in [4.69, 9.17) is 0 Å². The summed E-state index contributed by atoms with van der Waals surface area (Å²) in [7, 11) is 0. The van der Waals surface area contributed by atoms with E-state index in [1.165, 1.54) is 0 Å². The van der Waals surface area contributed by atoms with E-state index in [0.29, 0.717) is 0 Å². The first-order valence-electron chi connectivity index (χ1n) is 6.73.